The highest BCUT2D eigenvalue weighted by atomic mass is 32.1. The highest BCUT2D eigenvalue weighted by Crippen LogP contribution is 2.48. The van der Waals surface area contributed by atoms with Gasteiger partial charge in [-0.25, -0.2) is 4.79 Å². The molecule has 3 heteroatoms. The molecule has 0 atom stereocenters. The van der Waals surface area contributed by atoms with E-state index in [1.165, 1.54) is 40.7 Å². The van der Waals surface area contributed by atoms with Gasteiger partial charge in [-0.2, -0.15) is 0 Å². The molecule has 0 radical (unpaired) electrons. The summed E-state index contributed by atoms with van der Waals surface area (Å²) in [6.07, 6.45) is 2.41. The van der Waals surface area contributed by atoms with E-state index >= 15 is 0 Å². The molecule has 4 rings (SSSR count). The number of hydrogen-bond donors (Lipinski definition) is 1. The van der Waals surface area contributed by atoms with Crippen LogP contribution in [0.3, 0.4) is 0 Å². The van der Waals surface area contributed by atoms with Crippen molar-refractivity contribution in [3.8, 4) is 11.1 Å². The summed E-state index contributed by atoms with van der Waals surface area (Å²) >= 11 is 1.62. The van der Waals surface area contributed by atoms with Crippen molar-refractivity contribution >= 4 is 27.4 Å². The van der Waals surface area contributed by atoms with E-state index in [0.717, 1.165) is 10.1 Å². The number of hydrogen-bond acceptors (Lipinski definition) is 2. The smallest absolute Gasteiger partial charge is 0.335 e. The van der Waals surface area contributed by atoms with Crippen LogP contribution in [0, 0.1) is 6.92 Å². The molecule has 0 spiro atoms. The third kappa shape index (κ3) is 2.89. The topological polar surface area (TPSA) is 37.3 Å². The van der Waals surface area contributed by atoms with Crippen LogP contribution in [0.1, 0.15) is 67.6 Å². The number of fused-ring (bicyclic) bond motifs is 2. The summed E-state index contributed by atoms with van der Waals surface area (Å²) in [4.78, 5) is 11.3. The van der Waals surface area contributed by atoms with Crippen LogP contribution in [0.2, 0.25) is 0 Å². The van der Waals surface area contributed by atoms with Crippen molar-refractivity contribution in [2.75, 3.05) is 0 Å². The fraction of sp³-hybridized carbons (Fsp3) is 0.375. The minimum absolute atomic E-state index is 0.176. The SMILES string of the molecule is Cc1cc2c(cc1-c1csc3cc(C(=O)O)ccc13)C(C)(C)CCC2(C)C. The van der Waals surface area contributed by atoms with Crippen molar-refractivity contribution in [1.82, 2.24) is 0 Å². The van der Waals surface area contributed by atoms with E-state index in [2.05, 4.69) is 52.1 Å². The zero-order valence-electron chi connectivity index (χ0n) is 16.6. The second-order valence-electron chi connectivity index (χ2n) is 9.15. The van der Waals surface area contributed by atoms with Crippen molar-refractivity contribution in [3.63, 3.8) is 0 Å². The van der Waals surface area contributed by atoms with Crippen LogP contribution in [0.4, 0.5) is 0 Å². The number of carboxylic acid groups (broad SMARTS) is 1. The summed E-state index contributed by atoms with van der Waals surface area (Å²) in [7, 11) is 0. The summed E-state index contributed by atoms with van der Waals surface area (Å²) < 4.78 is 1.03. The van der Waals surface area contributed by atoms with Gasteiger partial charge >= 0.3 is 5.97 Å². The lowest BCUT2D eigenvalue weighted by molar-refractivity contribution is 0.0697. The Morgan fingerprint density at radius 1 is 0.963 bits per heavy atom. The molecular weight excluding hydrogens is 352 g/mol. The Morgan fingerprint density at radius 2 is 1.59 bits per heavy atom. The van der Waals surface area contributed by atoms with Crippen LogP contribution in [-0.2, 0) is 10.8 Å². The van der Waals surface area contributed by atoms with Crippen LogP contribution in [-0.4, -0.2) is 11.1 Å². The molecule has 1 aliphatic carbocycles. The Balaban J connectivity index is 1.93. The second kappa shape index (κ2) is 5.93. The Hall–Kier alpha value is -2.13. The van der Waals surface area contributed by atoms with Gasteiger partial charge in [0.2, 0.25) is 0 Å². The predicted octanol–water partition coefficient (Wildman–Crippen LogP) is 6.92. The third-order valence-electron chi connectivity index (χ3n) is 6.31. The van der Waals surface area contributed by atoms with E-state index in [4.69, 9.17) is 0 Å². The maximum Gasteiger partial charge on any atom is 0.335 e. The van der Waals surface area contributed by atoms with Crippen LogP contribution in [0.5, 0.6) is 0 Å². The molecule has 0 unspecified atom stereocenters. The van der Waals surface area contributed by atoms with E-state index in [1.54, 1.807) is 23.5 Å². The molecule has 140 valence electrons. The number of carboxylic acids is 1. The monoisotopic (exact) mass is 378 g/mol. The Bertz CT molecular complexity index is 1070. The first-order valence-corrected chi connectivity index (χ1v) is 10.4. The van der Waals surface area contributed by atoms with Crippen LogP contribution in [0.25, 0.3) is 21.2 Å². The minimum Gasteiger partial charge on any atom is -0.478 e. The van der Waals surface area contributed by atoms with E-state index in [0.29, 0.717) is 5.56 Å². The second-order valence-corrected chi connectivity index (χ2v) is 10.1. The molecule has 1 N–H and O–H groups in total. The van der Waals surface area contributed by atoms with E-state index in [1.807, 2.05) is 6.07 Å². The zero-order chi connectivity index (χ0) is 19.6. The average molecular weight is 379 g/mol. The van der Waals surface area contributed by atoms with Gasteiger partial charge in [-0.05, 0) is 70.4 Å². The first-order valence-electron chi connectivity index (χ1n) is 9.51. The van der Waals surface area contributed by atoms with Gasteiger partial charge in [0.25, 0.3) is 0 Å². The van der Waals surface area contributed by atoms with Gasteiger partial charge in [0.1, 0.15) is 0 Å². The summed E-state index contributed by atoms with van der Waals surface area (Å²) in [5.41, 5.74) is 7.45. The highest BCUT2D eigenvalue weighted by molar-refractivity contribution is 7.17. The number of benzene rings is 2. The summed E-state index contributed by atoms with van der Waals surface area (Å²) in [5, 5.41) is 12.6. The number of carbonyl (C=O) groups is 1. The first kappa shape index (κ1) is 18.2. The van der Waals surface area contributed by atoms with Crippen molar-refractivity contribution in [3.05, 3.63) is 58.0 Å². The molecule has 1 heterocycles. The summed E-state index contributed by atoms with van der Waals surface area (Å²) in [5.74, 6) is -0.874. The van der Waals surface area contributed by atoms with Gasteiger partial charge < -0.3 is 5.11 Å². The number of aromatic carboxylic acids is 1. The fourth-order valence-electron chi connectivity index (χ4n) is 4.38. The molecule has 0 aliphatic heterocycles. The van der Waals surface area contributed by atoms with Crippen molar-refractivity contribution < 1.29 is 9.90 Å². The van der Waals surface area contributed by atoms with Crippen molar-refractivity contribution in [2.24, 2.45) is 0 Å². The van der Waals surface area contributed by atoms with Gasteiger partial charge in [0, 0.05) is 15.6 Å². The number of rotatable bonds is 2. The Kier molecular flexibility index (Phi) is 4.01. The molecule has 3 aromatic rings. The fourth-order valence-corrected chi connectivity index (χ4v) is 5.38. The normalized spacial score (nSPS) is 17.7. The van der Waals surface area contributed by atoms with Gasteiger partial charge in [0.15, 0.2) is 0 Å². The van der Waals surface area contributed by atoms with Crippen molar-refractivity contribution in [1.29, 1.82) is 0 Å². The van der Waals surface area contributed by atoms with Gasteiger partial charge in [-0.3, -0.25) is 0 Å². The minimum atomic E-state index is -0.874. The highest BCUT2D eigenvalue weighted by Gasteiger charge is 2.37. The third-order valence-corrected chi connectivity index (χ3v) is 7.26. The van der Waals surface area contributed by atoms with Gasteiger partial charge in [0.05, 0.1) is 5.56 Å². The molecule has 0 bridgehead atoms. The molecule has 0 saturated heterocycles. The molecule has 2 nitrogen and oxygen atoms in total. The molecular formula is C24H26O2S. The summed E-state index contributed by atoms with van der Waals surface area (Å²) in [6.45, 7) is 11.6. The van der Waals surface area contributed by atoms with Gasteiger partial charge in [-0.1, -0.05) is 45.9 Å². The average Bonchev–Trinajstić information content (AvgIpc) is 3.01. The van der Waals surface area contributed by atoms with E-state index < -0.39 is 5.97 Å². The Labute approximate surface area is 164 Å². The molecule has 27 heavy (non-hydrogen) atoms. The van der Waals surface area contributed by atoms with Gasteiger partial charge in [-0.15, -0.1) is 11.3 Å². The van der Waals surface area contributed by atoms with Crippen LogP contribution in [0.15, 0.2) is 35.7 Å². The molecule has 0 amide bonds. The van der Waals surface area contributed by atoms with Crippen LogP contribution < -0.4 is 0 Å². The maximum atomic E-state index is 11.3. The lowest BCUT2D eigenvalue weighted by Gasteiger charge is -2.42. The zero-order valence-corrected chi connectivity index (χ0v) is 17.5. The van der Waals surface area contributed by atoms with E-state index in [-0.39, 0.29) is 10.8 Å². The molecule has 1 aliphatic rings. The number of thiophene rings is 1. The number of aryl methyl sites for hydroxylation is 1. The first-order chi connectivity index (χ1) is 12.6. The van der Waals surface area contributed by atoms with Crippen molar-refractivity contribution in [2.45, 2.75) is 58.3 Å². The molecule has 2 aromatic carbocycles. The quantitative estimate of drug-likeness (QED) is 0.525. The summed E-state index contributed by atoms with van der Waals surface area (Å²) in [6, 6.07) is 10.2. The van der Waals surface area contributed by atoms with Crippen LogP contribution >= 0.6 is 11.3 Å². The molecule has 0 fully saturated rings. The largest absolute Gasteiger partial charge is 0.478 e. The predicted molar refractivity (Wildman–Crippen MR) is 114 cm³/mol. The molecule has 0 saturated carbocycles. The molecule has 1 aromatic heterocycles. The maximum absolute atomic E-state index is 11.3. The Morgan fingerprint density at radius 3 is 2.22 bits per heavy atom. The standard InChI is InChI=1S/C24H26O2S/c1-14-10-19-20(24(4,5)9-8-23(19,2)3)12-17(14)18-13-27-21-11-15(22(25)26)6-7-16(18)21/h6-7,10-13H,8-9H2,1-5H3,(H,25,26). The van der Waals surface area contributed by atoms with E-state index in [9.17, 15) is 9.90 Å². The lowest BCUT2D eigenvalue weighted by atomic mass is 9.62. The lowest BCUT2D eigenvalue weighted by Crippen LogP contribution is -2.34.